The molecule has 0 unspecified atom stereocenters. The van der Waals surface area contributed by atoms with Crippen molar-refractivity contribution in [3.8, 4) is 0 Å². The van der Waals surface area contributed by atoms with E-state index >= 15 is 0 Å². The summed E-state index contributed by atoms with van der Waals surface area (Å²) in [5.41, 5.74) is 0.780. The van der Waals surface area contributed by atoms with E-state index in [1.54, 1.807) is 6.07 Å². The second-order valence-electron chi connectivity index (χ2n) is 4.04. The first-order valence-electron chi connectivity index (χ1n) is 4.73. The first kappa shape index (κ1) is 11.1. The minimum Gasteiger partial charge on any atom is -0.255 e. The Morgan fingerprint density at radius 2 is 2.07 bits per heavy atom. The zero-order valence-corrected chi connectivity index (χ0v) is 8.72. The first-order chi connectivity index (χ1) is 6.39. The van der Waals surface area contributed by atoms with Crippen LogP contribution in [-0.2, 0) is 12.3 Å². The van der Waals surface area contributed by atoms with E-state index in [0.717, 1.165) is 18.9 Å². The van der Waals surface area contributed by atoms with Crippen LogP contribution in [0.15, 0.2) is 18.3 Å². The Morgan fingerprint density at radius 3 is 2.57 bits per heavy atom. The highest BCUT2D eigenvalue weighted by atomic mass is 19.3. The number of pyridine rings is 1. The number of halogens is 2. The molecule has 1 aromatic heterocycles. The van der Waals surface area contributed by atoms with E-state index in [9.17, 15) is 8.78 Å². The topological polar surface area (TPSA) is 12.9 Å². The van der Waals surface area contributed by atoms with Crippen LogP contribution in [0.25, 0.3) is 0 Å². The van der Waals surface area contributed by atoms with Gasteiger partial charge in [0.15, 0.2) is 0 Å². The van der Waals surface area contributed by atoms with Crippen molar-refractivity contribution in [2.75, 3.05) is 0 Å². The molecular weight excluding hydrogens is 184 g/mol. The van der Waals surface area contributed by atoms with Crippen LogP contribution in [0.3, 0.4) is 0 Å². The molecular formula is C11H15F2N. The summed E-state index contributed by atoms with van der Waals surface area (Å²) in [6.07, 6.45) is 2.26. The Hall–Kier alpha value is -0.990. The van der Waals surface area contributed by atoms with Crippen molar-refractivity contribution < 1.29 is 8.78 Å². The molecule has 0 aliphatic carbocycles. The van der Waals surface area contributed by atoms with Gasteiger partial charge in [-0.05, 0) is 30.0 Å². The molecule has 0 amide bonds. The molecule has 0 atom stereocenters. The molecule has 0 radical (unpaired) electrons. The molecule has 0 saturated heterocycles. The molecule has 3 heteroatoms. The van der Waals surface area contributed by atoms with Crippen LogP contribution in [0.2, 0.25) is 0 Å². The Kier molecular flexibility index (Phi) is 3.19. The van der Waals surface area contributed by atoms with E-state index in [1.807, 2.05) is 0 Å². The summed E-state index contributed by atoms with van der Waals surface area (Å²) in [4.78, 5) is 3.67. The molecule has 78 valence electrons. The third-order valence-electron chi connectivity index (χ3n) is 1.92. The van der Waals surface area contributed by atoms with Crippen LogP contribution < -0.4 is 0 Å². The smallest absolute Gasteiger partial charge is 0.255 e. The van der Waals surface area contributed by atoms with Gasteiger partial charge in [0.05, 0.1) is 0 Å². The van der Waals surface area contributed by atoms with E-state index < -0.39 is 5.92 Å². The molecule has 14 heavy (non-hydrogen) atoms. The van der Waals surface area contributed by atoms with E-state index in [-0.39, 0.29) is 5.69 Å². The molecule has 0 saturated carbocycles. The molecule has 0 aliphatic heterocycles. The highest BCUT2D eigenvalue weighted by Crippen LogP contribution is 2.25. The van der Waals surface area contributed by atoms with Crippen LogP contribution in [0, 0.1) is 5.92 Å². The van der Waals surface area contributed by atoms with Crippen molar-refractivity contribution in [1.29, 1.82) is 0 Å². The number of nitrogens with zero attached hydrogens (tertiary/aromatic N) is 1. The van der Waals surface area contributed by atoms with Crippen LogP contribution >= 0.6 is 0 Å². The predicted molar refractivity (Wildman–Crippen MR) is 52.3 cm³/mol. The number of hydrogen-bond acceptors (Lipinski definition) is 1. The molecule has 0 N–H and O–H groups in total. The number of alkyl halides is 2. The number of hydrogen-bond donors (Lipinski definition) is 0. The van der Waals surface area contributed by atoms with Gasteiger partial charge in [0.2, 0.25) is 0 Å². The fourth-order valence-corrected chi connectivity index (χ4v) is 1.31. The van der Waals surface area contributed by atoms with Crippen molar-refractivity contribution in [1.82, 2.24) is 4.98 Å². The van der Waals surface area contributed by atoms with Gasteiger partial charge in [0.1, 0.15) is 5.69 Å². The van der Waals surface area contributed by atoms with Crippen molar-refractivity contribution >= 4 is 0 Å². The fraction of sp³-hybridized carbons (Fsp3) is 0.545. The highest BCUT2D eigenvalue weighted by Gasteiger charge is 2.25. The maximum Gasteiger partial charge on any atom is 0.286 e. The minimum absolute atomic E-state index is 0.143. The zero-order chi connectivity index (χ0) is 10.8. The highest BCUT2D eigenvalue weighted by molar-refractivity contribution is 5.19. The van der Waals surface area contributed by atoms with Gasteiger partial charge in [0.25, 0.3) is 5.92 Å². The van der Waals surface area contributed by atoms with E-state index in [1.165, 1.54) is 12.3 Å². The molecule has 0 spiro atoms. The summed E-state index contributed by atoms with van der Waals surface area (Å²) in [6, 6.07) is 3.27. The lowest BCUT2D eigenvalue weighted by Gasteiger charge is -2.11. The summed E-state index contributed by atoms with van der Waals surface area (Å²) in [6.45, 7) is 4.99. The van der Waals surface area contributed by atoms with Gasteiger partial charge >= 0.3 is 0 Å². The average Bonchev–Trinajstić information content (AvgIpc) is 2.01. The molecule has 0 bridgehead atoms. The quantitative estimate of drug-likeness (QED) is 0.727. The van der Waals surface area contributed by atoms with Crippen LogP contribution in [-0.4, -0.2) is 4.98 Å². The second-order valence-corrected chi connectivity index (χ2v) is 4.04. The molecule has 0 aliphatic rings. The van der Waals surface area contributed by atoms with Gasteiger partial charge in [-0.15, -0.1) is 0 Å². The normalized spacial score (nSPS) is 12.1. The maximum absolute atomic E-state index is 12.9. The van der Waals surface area contributed by atoms with Crippen LogP contribution in [0.5, 0.6) is 0 Å². The molecule has 1 nitrogen and oxygen atoms in total. The van der Waals surface area contributed by atoms with E-state index in [2.05, 4.69) is 18.8 Å². The van der Waals surface area contributed by atoms with Gasteiger partial charge in [-0.1, -0.05) is 13.8 Å². The summed E-state index contributed by atoms with van der Waals surface area (Å²) in [5, 5.41) is 0. The van der Waals surface area contributed by atoms with Gasteiger partial charge in [0, 0.05) is 13.1 Å². The van der Waals surface area contributed by atoms with Crippen molar-refractivity contribution in [2.45, 2.75) is 33.1 Å². The lowest BCUT2D eigenvalue weighted by atomic mass is 10.0. The maximum atomic E-state index is 12.9. The minimum atomic E-state index is -2.84. The zero-order valence-electron chi connectivity index (χ0n) is 8.72. The summed E-state index contributed by atoms with van der Waals surface area (Å²) in [5.74, 6) is -2.37. The second kappa shape index (κ2) is 4.03. The molecule has 0 fully saturated rings. The summed E-state index contributed by atoms with van der Waals surface area (Å²) in [7, 11) is 0. The summed E-state index contributed by atoms with van der Waals surface area (Å²) < 4.78 is 25.8. The number of rotatable bonds is 3. The van der Waals surface area contributed by atoms with E-state index in [0.29, 0.717) is 5.92 Å². The third-order valence-corrected chi connectivity index (χ3v) is 1.92. The molecule has 0 aromatic carbocycles. The fourth-order valence-electron chi connectivity index (χ4n) is 1.31. The SMILES string of the molecule is CC(C)Cc1ccnc(C(C)(F)F)c1. The van der Waals surface area contributed by atoms with Crippen molar-refractivity contribution in [2.24, 2.45) is 5.92 Å². The number of aromatic nitrogens is 1. The standard InChI is InChI=1S/C11H15F2N/c1-8(2)6-9-4-5-14-10(7-9)11(3,12)13/h4-5,7-8H,6H2,1-3H3. The molecule has 1 heterocycles. The van der Waals surface area contributed by atoms with Gasteiger partial charge in [-0.2, -0.15) is 8.78 Å². The van der Waals surface area contributed by atoms with E-state index in [4.69, 9.17) is 0 Å². The summed E-state index contributed by atoms with van der Waals surface area (Å²) >= 11 is 0. The molecule has 1 aromatic rings. The first-order valence-corrected chi connectivity index (χ1v) is 4.73. The lowest BCUT2D eigenvalue weighted by molar-refractivity contribution is 0.0126. The Morgan fingerprint density at radius 1 is 1.43 bits per heavy atom. The van der Waals surface area contributed by atoms with Gasteiger partial charge in [-0.25, -0.2) is 0 Å². The Bertz CT molecular complexity index is 302. The predicted octanol–water partition coefficient (Wildman–Crippen LogP) is 3.39. The Labute approximate surface area is 83.2 Å². The van der Waals surface area contributed by atoms with Gasteiger partial charge in [-0.3, -0.25) is 4.98 Å². The van der Waals surface area contributed by atoms with Crippen LogP contribution in [0.4, 0.5) is 8.78 Å². The van der Waals surface area contributed by atoms with Crippen molar-refractivity contribution in [3.63, 3.8) is 0 Å². The van der Waals surface area contributed by atoms with Crippen LogP contribution in [0.1, 0.15) is 32.0 Å². The van der Waals surface area contributed by atoms with Gasteiger partial charge < -0.3 is 0 Å². The molecule has 1 rings (SSSR count). The monoisotopic (exact) mass is 199 g/mol. The Balaban J connectivity index is 2.90. The largest absolute Gasteiger partial charge is 0.286 e. The lowest BCUT2D eigenvalue weighted by Crippen LogP contribution is -2.10. The average molecular weight is 199 g/mol. The van der Waals surface area contributed by atoms with Crippen molar-refractivity contribution in [3.05, 3.63) is 29.6 Å². The third kappa shape index (κ3) is 3.05.